The van der Waals surface area contributed by atoms with Gasteiger partial charge in [-0.1, -0.05) is 0 Å². The lowest BCUT2D eigenvalue weighted by Crippen LogP contribution is -2.30. The number of hydrogen-bond donors (Lipinski definition) is 1. The third-order valence-electron chi connectivity index (χ3n) is 2.37. The van der Waals surface area contributed by atoms with Crippen molar-refractivity contribution in [2.75, 3.05) is 19.8 Å². The summed E-state index contributed by atoms with van der Waals surface area (Å²) in [6.45, 7) is 2.33. The number of halogens is 1. The number of benzene rings is 1. The van der Waals surface area contributed by atoms with Crippen LogP contribution >= 0.6 is 0 Å². The summed E-state index contributed by atoms with van der Waals surface area (Å²) in [4.78, 5) is 22.5. The highest BCUT2D eigenvalue weighted by Gasteiger charge is 2.04. The van der Waals surface area contributed by atoms with E-state index in [4.69, 9.17) is 9.47 Å². The Hall–Kier alpha value is -2.11. The highest BCUT2D eigenvalue weighted by Crippen LogP contribution is 2.10. The zero-order valence-corrected chi connectivity index (χ0v) is 11.4. The van der Waals surface area contributed by atoms with Gasteiger partial charge in [-0.05, 0) is 37.6 Å². The summed E-state index contributed by atoms with van der Waals surface area (Å²) in [6, 6.07) is 5.41. The fraction of sp³-hybridized carbons (Fsp3) is 0.429. The molecule has 0 saturated carbocycles. The Morgan fingerprint density at radius 1 is 1.25 bits per heavy atom. The molecule has 0 fully saturated rings. The highest BCUT2D eigenvalue weighted by molar-refractivity contribution is 5.77. The minimum atomic E-state index is -0.360. The molecule has 1 rings (SSSR count). The number of carbonyl (C=O) groups is 2. The van der Waals surface area contributed by atoms with E-state index in [-0.39, 0.29) is 30.7 Å². The van der Waals surface area contributed by atoms with Crippen LogP contribution in [0.1, 0.15) is 19.8 Å². The molecule has 0 aliphatic heterocycles. The zero-order valence-electron chi connectivity index (χ0n) is 11.4. The van der Waals surface area contributed by atoms with E-state index in [1.165, 1.54) is 24.3 Å². The smallest absolute Gasteiger partial charge is 0.305 e. The lowest BCUT2D eigenvalue weighted by Gasteiger charge is -2.07. The van der Waals surface area contributed by atoms with Crippen molar-refractivity contribution in [1.82, 2.24) is 5.32 Å². The molecule has 5 nitrogen and oxygen atoms in total. The van der Waals surface area contributed by atoms with E-state index in [0.29, 0.717) is 25.3 Å². The minimum Gasteiger partial charge on any atom is -0.484 e. The average molecular weight is 283 g/mol. The second kappa shape index (κ2) is 8.90. The van der Waals surface area contributed by atoms with Crippen LogP contribution < -0.4 is 10.1 Å². The summed E-state index contributed by atoms with van der Waals surface area (Å²) < 4.78 is 22.6. The molecule has 20 heavy (non-hydrogen) atoms. The monoisotopic (exact) mass is 283 g/mol. The van der Waals surface area contributed by atoms with Gasteiger partial charge in [-0.15, -0.1) is 0 Å². The predicted octanol–water partition coefficient (Wildman–Crippen LogP) is 1.66. The quantitative estimate of drug-likeness (QED) is 0.582. The zero-order chi connectivity index (χ0) is 14.8. The molecule has 1 aromatic carbocycles. The van der Waals surface area contributed by atoms with Crippen LogP contribution in [0, 0.1) is 5.82 Å². The van der Waals surface area contributed by atoms with Crippen LogP contribution in [0.25, 0.3) is 0 Å². The maximum absolute atomic E-state index is 12.6. The molecule has 0 aliphatic carbocycles. The lowest BCUT2D eigenvalue weighted by atomic mass is 10.3. The van der Waals surface area contributed by atoms with E-state index in [1.54, 1.807) is 6.92 Å². The lowest BCUT2D eigenvalue weighted by molar-refractivity contribution is -0.143. The number of ether oxygens (including phenoxy) is 2. The summed E-state index contributed by atoms with van der Waals surface area (Å²) in [5.74, 6) is -0.503. The molecule has 1 amide bonds. The van der Waals surface area contributed by atoms with Crippen LogP contribution in [0.5, 0.6) is 5.75 Å². The van der Waals surface area contributed by atoms with Gasteiger partial charge in [0.25, 0.3) is 5.91 Å². The number of carbonyl (C=O) groups excluding carboxylic acids is 2. The van der Waals surface area contributed by atoms with E-state index in [0.717, 1.165) is 0 Å². The second-order valence-electron chi connectivity index (χ2n) is 4.00. The summed E-state index contributed by atoms with van der Waals surface area (Å²) in [6.07, 6.45) is 0.786. The molecule has 1 N–H and O–H groups in total. The number of esters is 1. The van der Waals surface area contributed by atoms with Crippen molar-refractivity contribution in [3.63, 3.8) is 0 Å². The Morgan fingerprint density at radius 3 is 2.60 bits per heavy atom. The van der Waals surface area contributed by atoms with Gasteiger partial charge >= 0.3 is 5.97 Å². The van der Waals surface area contributed by atoms with Crippen molar-refractivity contribution in [2.24, 2.45) is 0 Å². The minimum absolute atomic E-state index is 0.148. The van der Waals surface area contributed by atoms with Crippen molar-refractivity contribution in [3.05, 3.63) is 30.1 Å². The fourth-order valence-corrected chi connectivity index (χ4v) is 1.42. The van der Waals surface area contributed by atoms with Gasteiger partial charge < -0.3 is 14.8 Å². The van der Waals surface area contributed by atoms with Crippen LogP contribution in [0.2, 0.25) is 0 Å². The average Bonchev–Trinajstić information content (AvgIpc) is 2.43. The van der Waals surface area contributed by atoms with Crippen molar-refractivity contribution >= 4 is 11.9 Å². The molecule has 0 atom stereocenters. The van der Waals surface area contributed by atoms with E-state index in [2.05, 4.69) is 5.32 Å². The molecule has 0 heterocycles. The molecule has 0 aromatic heterocycles. The second-order valence-corrected chi connectivity index (χ2v) is 4.00. The maximum Gasteiger partial charge on any atom is 0.305 e. The number of rotatable bonds is 8. The predicted molar refractivity (Wildman–Crippen MR) is 70.8 cm³/mol. The van der Waals surface area contributed by atoms with Crippen molar-refractivity contribution < 1.29 is 23.5 Å². The third kappa shape index (κ3) is 6.72. The van der Waals surface area contributed by atoms with E-state index in [9.17, 15) is 14.0 Å². The van der Waals surface area contributed by atoms with Crippen molar-refractivity contribution in [2.45, 2.75) is 19.8 Å². The van der Waals surface area contributed by atoms with Crippen LogP contribution in [0.4, 0.5) is 4.39 Å². The van der Waals surface area contributed by atoms with Crippen LogP contribution in [-0.2, 0) is 14.3 Å². The molecule has 6 heteroatoms. The Balaban J connectivity index is 2.11. The molecular formula is C14H18FNO4. The summed E-state index contributed by atoms with van der Waals surface area (Å²) in [7, 11) is 0. The third-order valence-corrected chi connectivity index (χ3v) is 2.37. The van der Waals surface area contributed by atoms with Crippen molar-refractivity contribution in [3.8, 4) is 5.75 Å². The first-order valence-corrected chi connectivity index (χ1v) is 6.42. The van der Waals surface area contributed by atoms with Gasteiger partial charge in [0.05, 0.1) is 6.61 Å². The molecule has 0 radical (unpaired) electrons. The van der Waals surface area contributed by atoms with Gasteiger partial charge in [0.2, 0.25) is 0 Å². The molecule has 0 unspecified atom stereocenters. The van der Waals surface area contributed by atoms with Gasteiger partial charge in [0, 0.05) is 13.0 Å². The van der Waals surface area contributed by atoms with Crippen molar-refractivity contribution in [1.29, 1.82) is 0 Å². The SMILES string of the molecule is CCOC(=O)CCCNC(=O)COc1ccc(F)cc1. The van der Waals surface area contributed by atoms with Crippen LogP contribution in [0.3, 0.4) is 0 Å². The molecule has 110 valence electrons. The molecule has 1 aromatic rings. The molecule has 0 aliphatic rings. The molecular weight excluding hydrogens is 265 g/mol. The van der Waals surface area contributed by atoms with E-state index >= 15 is 0 Å². The van der Waals surface area contributed by atoms with Gasteiger partial charge in [-0.25, -0.2) is 4.39 Å². The molecule has 0 saturated heterocycles. The number of hydrogen-bond acceptors (Lipinski definition) is 4. The molecule has 0 spiro atoms. The van der Waals surface area contributed by atoms with Crippen LogP contribution in [0.15, 0.2) is 24.3 Å². The first-order chi connectivity index (χ1) is 9.61. The summed E-state index contributed by atoms with van der Waals surface area (Å²) in [5, 5.41) is 2.62. The van der Waals surface area contributed by atoms with Crippen LogP contribution in [-0.4, -0.2) is 31.6 Å². The van der Waals surface area contributed by atoms with Gasteiger partial charge in [-0.3, -0.25) is 9.59 Å². The standard InChI is InChI=1S/C14H18FNO4/c1-2-19-14(18)4-3-9-16-13(17)10-20-12-7-5-11(15)6-8-12/h5-8H,2-4,9-10H2,1H3,(H,16,17). The Bertz CT molecular complexity index is 433. The van der Waals surface area contributed by atoms with E-state index < -0.39 is 0 Å². The first kappa shape index (κ1) is 15.9. The maximum atomic E-state index is 12.6. The Morgan fingerprint density at radius 2 is 1.95 bits per heavy atom. The summed E-state index contributed by atoms with van der Waals surface area (Å²) in [5.41, 5.74) is 0. The highest BCUT2D eigenvalue weighted by atomic mass is 19.1. The van der Waals surface area contributed by atoms with Gasteiger partial charge in [-0.2, -0.15) is 0 Å². The van der Waals surface area contributed by atoms with Gasteiger partial charge in [0.1, 0.15) is 11.6 Å². The molecule has 0 bridgehead atoms. The topological polar surface area (TPSA) is 64.6 Å². The number of amides is 1. The van der Waals surface area contributed by atoms with Gasteiger partial charge in [0.15, 0.2) is 6.61 Å². The largest absolute Gasteiger partial charge is 0.484 e. The first-order valence-electron chi connectivity index (χ1n) is 6.42. The normalized spacial score (nSPS) is 9.90. The van der Waals surface area contributed by atoms with E-state index in [1.807, 2.05) is 0 Å². The Labute approximate surface area is 117 Å². The fourth-order valence-electron chi connectivity index (χ4n) is 1.42. The Kier molecular flexibility index (Phi) is 7.10. The summed E-state index contributed by atoms with van der Waals surface area (Å²) >= 11 is 0. The number of nitrogens with one attached hydrogen (secondary N) is 1.